The normalized spacial score (nSPS) is 16.4. The molecule has 0 saturated carbocycles. The van der Waals surface area contributed by atoms with Crippen molar-refractivity contribution in [1.29, 1.82) is 0 Å². The molecule has 4 rings (SSSR count). The Morgan fingerprint density at radius 2 is 1.60 bits per heavy atom. The number of likely N-dealkylation sites (tertiary alicyclic amines) is 1. The van der Waals surface area contributed by atoms with Crippen molar-refractivity contribution in [2.24, 2.45) is 5.92 Å². The number of benzene rings is 2. The molecule has 47 heavy (non-hydrogen) atoms. The summed E-state index contributed by atoms with van der Waals surface area (Å²) in [6.45, 7) is 6.65. The summed E-state index contributed by atoms with van der Waals surface area (Å²) in [4.78, 5) is 53.0. The lowest BCUT2D eigenvalue weighted by molar-refractivity contribution is -0.155. The highest BCUT2D eigenvalue weighted by molar-refractivity contribution is 7.92. The molecule has 0 radical (unpaired) electrons. The van der Waals surface area contributed by atoms with Gasteiger partial charge in [-0.1, -0.05) is 62.4 Å². The SMILES string of the molecule is CC(C)C(=O)OCOC(=O)NC(C)(C)C(=O)N[C@H](COCc1ccccc1)C(=O)N1CCC2(CC1)CN(S(C)(=O)=O)c1ccccc12. The maximum absolute atomic E-state index is 13.9. The first-order valence-corrected chi connectivity index (χ1v) is 17.4. The van der Waals surface area contributed by atoms with Gasteiger partial charge in [0, 0.05) is 25.0 Å². The number of rotatable bonds is 12. The minimum absolute atomic E-state index is 0.127. The van der Waals surface area contributed by atoms with Crippen LogP contribution in [0.4, 0.5) is 10.5 Å². The van der Waals surface area contributed by atoms with E-state index in [1.807, 2.05) is 54.6 Å². The van der Waals surface area contributed by atoms with Crippen LogP contribution in [0, 0.1) is 5.92 Å². The monoisotopic (exact) mass is 672 g/mol. The van der Waals surface area contributed by atoms with Gasteiger partial charge in [0.15, 0.2) is 0 Å². The number of fused-ring (bicyclic) bond motifs is 2. The Labute approximate surface area is 276 Å². The van der Waals surface area contributed by atoms with Crippen molar-refractivity contribution in [1.82, 2.24) is 15.5 Å². The summed E-state index contributed by atoms with van der Waals surface area (Å²) in [5.74, 6) is -1.95. The summed E-state index contributed by atoms with van der Waals surface area (Å²) in [7, 11) is -3.49. The molecule has 0 aliphatic carbocycles. The van der Waals surface area contributed by atoms with Crippen LogP contribution in [0.15, 0.2) is 54.6 Å². The maximum Gasteiger partial charge on any atom is 0.410 e. The first kappa shape index (κ1) is 35.7. The Morgan fingerprint density at radius 1 is 0.957 bits per heavy atom. The lowest BCUT2D eigenvalue weighted by Gasteiger charge is -2.41. The van der Waals surface area contributed by atoms with E-state index in [0.717, 1.165) is 11.1 Å². The van der Waals surface area contributed by atoms with E-state index in [1.54, 1.807) is 18.7 Å². The molecule has 1 fully saturated rings. The number of amides is 3. The van der Waals surface area contributed by atoms with Gasteiger partial charge in [0.05, 0.1) is 31.1 Å². The molecule has 2 aromatic carbocycles. The predicted molar refractivity (Wildman–Crippen MR) is 174 cm³/mol. The van der Waals surface area contributed by atoms with Gasteiger partial charge in [0.2, 0.25) is 28.6 Å². The van der Waals surface area contributed by atoms with E-state index in [2.05, 4.69) is 10.6 Å². The molecule has 0 aromatic heterocycles. The van der Waals surface area contributed by atoms with Gasteiger partial charge in [-0.3, -0.25) is 18.7 Å². The topological polar surface area (TPSA) is 161 Å². The fourth-order valence-electron chi connectivity index (χ4n) is 5.72. The molecule has 3 amide bonds. The molecule has 0 unspecified atom stereocenters. The number of carbonyl (C=O) groups is 4. The quantitative estimate of drug-likeness (QED) is 0.255. The van der Waals surface area contributed by atoms with Crippen LogP contribution in [-0.2, 0) is 50.6 Å². The van der Waals surface area contributed by atoms with E-state index < -0.39 is 57.7 Å². The minimum atomic E-state index is -3.49. The van der Waals surface area contributed by atoms with Gasteiger partial charge in [0.1, 0.15) is 11.6 Å². The lowest BCUT2D eigenvalue weighted by Crippen LogP contribution is -2.61. The van der Waals surface area contributed by atoms with Gasteiger partial charge in [-0.2, -0.15) is 0 Å². The minimum Gasteiger partial charge on any atom is -0.428 e. The van der Waals surface area contributed by atoms with Crippen molar-refractivity contribution in [2.75, 3.05) is 43.6 Å². The Hall–Kier alpha value is -4.17. The van der Waals surface area contributed by atoms with E-state index in [-0.39, 0.29) is 19.1 Å². The van der Waals surface area contributed by atoms with Crippen LogP contribution in [0.25, 0.3) is 0 Å². The van der Waals surface area contributed by atoms with Crippen molar-refractivity contribution in [3.8, 4) is 0 Å². The first-order valence-electron chi connectivity index (χ1n) is 15.5. The van der Waals surface area contributed by atoms with Gasteiger partial charge in [-0.05, 0) is 43.9 Å². The van der Waals surface area contributed by atoms with Crippen molar-refractivity contribution in [2.45, 2.75) is 64.1 Å². The third-order valence-corrected chi connectivity index (χ3v) is 9.59. The van der Waals surface area contributed by atoms with Crippen LogP contribution in [0.2, 0.25) is 0 Å². The maximum atomic E-state index is 13.9. The Balaban J connectivity index is 1.43. The molecule has 1 saturated heterocycles. The number of hydrogen-bond acceptors (Lipinski definition) is 9. The van der Waals surface area contributed by atoms with Gasteiger partial charge in [-0.15, -0.1) is 0 Å². The number of sulfonamides is 1. The molecule has 2 N–H and O–H groups in total. The Morgan fingerprint density at radius 3 is 2.23 bits per heavy atom. The molecule has 14 heteroatoms. The summed E-state index contributed by atoms with van der Waals surface area (Å²) in [6.07, 6.45) is 1.29. The van der Waals surface area contributed by atoms with Crippen LogP contribution in [0.1, 0.15) is 51.7 Å². The second-order valence-corrected chi connectivity index (χ2v) is 14.7. The Kier molecular flexibility index (Phi) is 11.2. The molecule has 0 bridgehead atoms. The molecule has 256 valence electrons. The largest absolute Gasteiger partial charge is 0.428 e. The average molecular weight is 673 g/mol. The highest BCUT2D eigenvalue weighted by atomic mass is 32.2. The van der Waals surface area contributed by atoms with Crippen molar-refractivity contribution < 1.29 is 41.8 Å². The van der Waals surface area contributed by atoms with E-state index >= 15 is 0 Å². The molecule has 1 atom stereocenters. The summed E-state index contributed by atoms with van der Waals surface area (Å²) in [5, 5.41) is 5.18. The van der Waals surface area contributed by atoms with Crippen LogP contribution in [-0.4, -0.2) is 88.1 Å². The van der Waals surface area contributed by atoms with Crippen LogP contribution in [0.3, 0.4) is 0 Å². The second kappa shape index (κ2) is 14.7. The number of nitrogens with zero attached hydrogens (tertiary/aromatic N) is 2. The van der Waals surface area contributed by atoms with Gasteiger partial charge < -0.3 is 29.7 Å². The van der Waals surface area contributed by atoms with Crippen LogP contribution in [0.5, 0.6) is 0 Å². The number of carbonyl (C=O) groups excluding carboxylic acids is 4. The van der Waals surface area contributed by atoms with Crippen molar-refractivity contribution in [3.05, 3.63) is 65.7 Å². The highest BCUT2D eigenvalue weighted by Gasteiger charge is 2.48. The van der Waals surface area contributed by atoms with E-state index in [9.17, 15) is 27.6 Å². The number of hydrogen-bond donors (Lipinski definition) is 2. The van der Waals surface area contributed by atoms with Crippen LogP contribution >= 0.6 is 0 Å². The zero-order valence-electron chi connectivity index (χ0n) is 27.5. The van der Waals surface area contributed by atoms with Crippen LogP contribution < -0.4 is 14.9 Å². The zero-order chi connectivity index (χ0) is 34.4. The molecule has 2 aliphatic heterocycles. The number of ether oxygens (including phenoxy) is 3. The molecule has 2 aromatic rings. The summed E-state index contributed by atoms with van der Waals surface area (Å²) in [6, 6.07) is 15.8. The van der Waals surface area contributed by atoms with E-state index in [1.165, 1.54) is 24.4 Å². The van der Waals surface area contributed by atoms with E-state index in [0.29, 0.717) is 38.2 Å². The van der Waals surface area contributed by atoms with Crippen molar-refractivity contribution in [3.63, 3.8) is 0 Å². The number of piperidine rings is 1. The highest BCUT2D eigenvalue weighted by Crippen LogP contribution is 2.47. The third kappa shape index (κ3) is 8.80. The van der Waals surface area contributed by atoms with Gasteiger partial charge in [-0.25, -0.2) is 13.2 Å². The molecular weight excluding hydrogens is 628 g/mol. The smallest absolute Gasteiger partial charge is 0.410 e. The fraction of sp³-hybridized carbons (Fsp3) is 0.515. The first-order chi connectivity index (χ1) is 22.1. The number of esters is 1. The fourth-order valence-corrected chi connectivity index (χ4v) is 6.72. The average Bonchev–Trinajstić information content (AvgIpc) is 3.35. The second-order valence-electron chi connectivity index (χ2n) is 12.8. The zero-order valence-corrected chi connectivity index (χ0v) is 28.3. The summed E-state index contributed by atoms with van der Waals surface area (Å²) in [5.41, 5.74) is 0.566. The van der Waals surface area contributed by atoms with Gasteiger partial charge in [0.25, 0.3) is 0 Å². The standard InChI is InChI=1S/C33H44N4O9S/c1-23(2)29(39)45-22-46-31(41)35-32(3,4)30(40)34-26(20-44-19-24-11-7-6-8-12-24)28(38)36-17-15-33(16-18-36)21-37(47(5,42)43)27-14-10-9-13-25(27)33/h6-14,23,26H,15-22H2,1-5H3,(H,34,40)(H,35,41)/t26-/m1/s1. The molecular formula is C33H44N4O9S. The lowest BCUT2D eigenvalue weighted by atomic mass is 9.74. The van der Waals surface area contributed by atoms with Crippen molar-refractivity contribution >= 4 is 39.6 Å². The third-order valence-electron chi connectivity index (χ3n) is 8.47. The molecule has 2 heterocycles. The van der Waals surface area contributed by atoms with Gasteiger partial charge >= 0.3 is 12.1 Å². The van der Waals surface area contributed by atoms with E-state index in [4.69, 9.17) is 14.2 Å². The summed E-state index contributed by atoms with van der Waals surface area (Å²) < 4.78 is 42.2. The number of nitrogens with one attached hydrogen (secondary N) is 2. The molecule has 2 aliphatic rings. The summed E-state index contributed by atoms with van der Waals surface area (Å²) >= 11 is 0. The predicted octanol–water partition coefficient (Wildman–Crippen LogP) is 2.69. The Bertz CT molecular complexity index is 1550. The molecule has 1 spiro atoms. The number of para-hydroxylation sites is 1. The number of alkyl carbamates (subject to hydrolysis) is 1. The molecule has 13 nitrogen and oxygen atoms in total. The number of anilines is 1.